The van der Waals surface area contributed by atoms with E-state index in [-0.39, 0.29) is 24.7 Å². The van der Waals surface area contributed by atoms with Gasteiger partial charge in [0.05, 0.1) is 18.8 Å². The van der Waals surface area contributed by atoms with Gasteiger partial charge < -0.3 is 5.32 Å². The summed E-state index contributed by atoms with van der Waals surface area (Å²) < 4.78 is 0. The van der Waals surface area contributed by atoms with E-state index in [1.54, 1.807) is 11.3 Å². The minimum Gasteiger partial charge on any atom is -0.351 e. The van der Waals surface area contributed by atoms with E-state index in [1.807, 2.05) is 47.8 Å². The largest absolute Gasteiger partial charge is 0.351 e. The highest BCUT2D eigenvalue weighted by atomic mass is 32.1. The highest BCUT2D eigenvalue weighted by Gasteiger charge is 2.21. The van der Waals surface area contributed by atoms with E-state index in [9.17, 15) is 9.59 Å². The molecule has 1 aliphatic heterocycles. The Balaban J connectivity index is 1.45. The van der Waals surface area contributed by atoms with E-state index in [4.69, 9.17) is 0 Å². The summed E-state index contributed by atoms with van der Waals surface area (Å²) in [4.78, 5) is 25.1. The third-order valence-corrected chi connectivity index (χ3v) is 4.68. The van der Waals surface area contributed by atoms with Crippen molar-refractivity contribution in [3.63, 3.8) is 0 Å². The lowest BCUT2D eigenvalue weighted by molar-refractivity contribution is -0.133. The number of carbonyl (C=O) groups is 2. The lowest BCUT2D eigenvalue weighted by Gasteiger charge is -2.11. The van der Waals surface area contributed by atoms with Crippen LogP contribution in [0.5, 0.6) is 0 Å². The molecule has 2 heterocycles. The summed E-state index contributed by atoms with van der Waals surface area (Å²) in [5.41, 5.74) is 1.97. The standard InChI is InChI=1S/C18H19N3O2S/c22-17(19-13-15-7-4-12-24-15)8-9-18(23)21-11-10-16(20-21)14-5-2-1-3-6-14/h1-7,12H,8-11,13H2,(H,19,22). The van der Waals surface area contributed by atoms with Crippen molar-refractivity contribution in [2.75, 3.05) is 6.54 Å². The number of nitrogens with one attached hydrogen (secondary N) is 1. The summed E-state index contributed by atoms with van der Waals surface area (Å²) in [6.07, 6.45) is 1.12. The second-order valence-corrected chi connectivity index (χ2v) is 6.57. The Morgan fingerprint density at radius 3 is 2.71 bits per heavy atom. The van der Waals surface area contributed by atoms with Crippen LogP contribution in [0.1, 0.15) is 29.7 Å². The summed E-state index contributed by atoms with van der Waals surface area (Å²) in [6, 6.07) is 13.8. The van der Waals surface area contributed by atoms with Crippen LogP contribution in [0.25, 0.3) is 0 Å². The molecule has 0 fully saturated rings. The molecule has 0 saturated carbocycles. The predicted octanol–water partition coefficient (Wildman–Crippen LogP) is 2.78. The molecule has 124 valence electrons. The number of thiophene rings is 1. The number of rotatable bonds is 6. The van der Waals surface area contributed by atoms with Gasteiger partial charge >= 0.3 is 0 Å². The second kappa shape index (κ2) is 7.88. The van der Waals surface area contributed by atoms with Crippen LogP contribution in [0.15, 0.2) is 52.9 Å². The maximum Gasteiger partial charge on any atom is 0.243 e. The fourth-order valence-electron chi connectivity index (χ4n) is 2.51. The Kier molecular flexibility index (Phi) is 5.38. The Bertz CT molecular complexity index is 726. The van der Waals surface area contributed by atoms with Gasteiger partial charge in [0, 0.05) is 24.1 Å². The van der Waals surface area contributed by atoms with Crippen molar-refractivity contribution in [2.45, 2.75) is 25.8 Å². The van der Waals surface area contributed by atoms with Crippen LogP contribution in [0, 0.1) is 0 Å². The van der Waals surface area contributed by atoms with Crippen molar-refractivity contribution in [2.24, 2.45) is 5.10 Å². The molecule has 2 aromatic rings. The van der Waals surface area contributed by atoms with Gasteiger partial charge in [0.15, 0.2) is 0 Å². The first kappa shape index (κ1) is 16.4. The molecular weight excluding hydrogens is 322 g/mol. The molecule has 1 N–H and O–H groups in total. The van der Waals surface area contributed by atoms with Crippen molar-refractivity contribution in [1.29, 1.82) is 0 Å². The number of hydrazone groups is 1. The van der Waals surface area contributed by atoms with E-state index in [1.165, 1.54) is 5.01 Å². The number of benzene rings is 1. The molecule has 6 heteroatoms. The molecule has 0 bridgehead atoms. The first-order valence-electron chi connectivity index (χ1n) is 7.95. The highest BCUT2D eigenvalue weighted by Crippen LogP contribution is 2.15. The van der Waals surface area contributed by atoms with E-state index < -0.39 is 0 Å². The topological polar surface area (TPSA) is 61.8 Å². The van der Waals surface area contributed by atoms with Crippen LogP contribution in [-0.2, 0) is 16.1 Å². The maximum absolute atomic E-state index is 12.2. The van der Waals surface area contributed by atoms with Gasteiger partial charge in [-0.15, -0.1) is 11.3 Å². The Hall–Kier alpha value is -2.47. The molecule has 0 aliphatic carbocycles. The minimum absolute atomic E-state index is 0.104. The summed E-state index contributed by atoms with van der Waals surface area (Å²) in [6.45, 7) is 1.10. The van der Waals surface area contributed by atoms with Crippen LogP contribution in [0.2, 0.25) is 0 Å². The van der Waals surface area contributed by atoms with E-state index in [0.29, 0.717) is 13.1 Å². The van der Waals surface area contributed by atoms with Gasteiger partial charge in [0.2, 0.25) is 11.8 Å². The molecule has 0 saturated heterocycles. The molecule has 3 rings (SSSR count). The molecular formula is C18H19N3O2S. The zero-order valence-electron chi connectivity index (χ0n) is 13.3. The molecule has 0 atom stereocenters. The zero-order valence-corrected chi connectivity index (χ0v) is 14.1. The average molecular weight is 341 g/mol. The molecule has 0 radical (unpaired) electrons. The summed E-state index contributed by atoms with van der Waals surface area (Å²) in [7, 11) is 0. The fourth-order valence-corrected chi connectivity index (χ4v) is 3.15. The van der Waals surface area contributed by atoms with Crippen molar-refractivity contribution in [1.82, 2.24) is 10.3 Å². The highest BCUT2D eigenvalue weighted by molar-refractivity contribution is 7.09. The normalized spacial score (nSPS) is 13.7. The second-order valence-electron chi connectivity index (χ2n) is 5.54. The van der Waals surface area contributed by atoms with Gasteiger partial charge in [-0.2, -0.15) is 5.10 Å². The maximum atomic E-state index is 12.2. The Morgan fingerprint density at radius 2 is 1.96 bits per heavy atom. The first-order valence-corrected chi connectivity index (χ1v) is 8.82. The zero-order chi connectivity index (χ0) is 16.8. The van der Waals surface area contributed by atoms with Gasteiger partial charge in [-0.05, 0) is 17.0 Å². The fraction of sp³-hybridized carbons (Fsp3) is 0.278. The van der Waals surface area contributed by atoms with Crippen molar-refractivity contribution < 1.29 is 9.59 Å². The molecule has 2 amide bonds. The summed E-state index contributed by atoms with van der Waals surface area (Å²) in [5.74, 6) is -0.213. The van der Waals surface area contributed by atoms with Crippen LogP contribution < -0.4 is 5.32 Å². The third-order valence-electron chi connectivity index (χ3n) is 3.80. The Morgan fingerprint density at radius 1 is 1.12 bits per heavy atom. The van der Waals surface area contributed by atoms with E-state index in [2.05, 4.69) is 10.4 Å². The number of amides is 2. The smallest absolute Gasteiger partial charge is 0.243 e. The lowest BCUT2D eigenvalue weighted by Crippen LogP contribution is -2.27. The van der Waals surface area contributed by atoms with E-state index in [0.717, 1.165) is 22.6 Å². The predicted molar refractivity (Wildman–Crippen MR) is 94.7 cm³/mol. The summed E-state index contributed by atoms with van der Waals surface area (Å²) >= 11 is 1.60. The molecule has 1 aliphatic rings. The van der Waals surface area contributed by atoms with E-state index >= 15 is 0 Å². The van der Waals surface area contributed by atoms with Crippen molar-refractivity contribution in [3.8, 4) is 0 Å². The lowest BCUT2D eigenvalue weighted by atomic mass is 10.1. The van der Waals surface area contributed by atoms with Crippen molar-refractivity contribution in [3.05, 3.63) is 58.3 Å². The first-order chi connectivity index (χ1) is 11.7. The average Bonchev–Trinajstić information content (AvgIpc) is 3.30. The van der Waals surface area contributed by atoms with Crippen LogP contribution >= 0.6 is 11.3 Å². The number of hydrogen-bond donors (Lipinski definition) is 1. The van der Waals surface area contributed by atoms with Crippen LogP contribution in [0.4, 0.5) is 0 Å². The van der Waals surface area contributed by atoms with Gasteiger partial charge in [-0.25, -0.2) is 5.01 Å². The Labute approximate surface area is 145 Å². The number of hydrogen-bond acceptors (Lipinski definition) is 4. The van der Waals surface area contributed by atoms with Gasteiger partial charge in [-0.1, -0.05) is 36.4 Å². The quantitative estimate of drug-likeness (QED) is 0.878. The molecule has 5 nitrogen and oxygen atoms in total. The summed E-state index contributed by atoms with van der Waals surface area (Å²) in [5, 5.41) is 10.7. The van der Waals surface area contributed by atoms with Crippen LogP contribution in [0.3, 0.4) is 0 Å². The molecule has 0 spiro atoms. The van der Waals surface area contributed by atoms with Gasteiger partial charge in [0.25, 0.3) is 0 Å². The SMILES string of the molecule is O=C(CCC(=O)N1CCC(c2ccccc2)=N1)NCc1cccs1. The number of carbonyl (C=O) groups excluding carboxylic acids is 2. The molecule has 0 unspecified atom stereocenters. The molecule has 1 aromatic heterocycles. The monoisotopic (exact) mass is 341 g/mol. The van der Waals surface area contributed by atoms with Gasteiger partial charge in [0.1, 0.15) is 0 Å². The third kappa shape index (κ3) is 4.29. The molecule has 24 heavy (non-hydrogen) atoms. The van der Waals surface area contributed by atoms with Crippen LogP contribution in [-0.4, -0.2) is 29.1 Å². The number of nitrogens with zero attached hydrogens (tertiary/aromatic N) is 2. The van der Waals surface area contributed by atoms with Crippen molar-refractivity contribution >= 4 is 28.9 Å². The van der Waals surface area contributed by atoms with Gasteiger partial charge in [-0.3, -0.25) is 9.59 Å². The molecule has 1 aromatic carbocycles. The minimum atomic E-state index is -0.108.